The fraction of sp³-hybridized carbons (Fsp3) is 0.506. The number of benzene rings is 4. The molecule has 4 aromatic heterocycles. The quantitative estimate of drug-likeness (QED) is 0.0986. The normalized spacial score (nSPS) is 18.5. The number of nitrogens with one attached hydrogen (secondary N) is 4. The number of halogens is 20. The first-order chi connectivity index (χ1) is 60.0. The van der Waals surface area contributed by atoms with Gasteiger partial charge < -0.3 is 34.3 Å². The molecule has 22 nitrogen and oxygen atoms in total. The highest BCUT2D eigenvalue weighted by atomic mass is 19.4. The second kappa shape index (κ2) is 37.0. The number of aromatic amines is 4. The maximum absolute atomic E-state index is 14.0. The van der Waals surface area contributed by atoms with Gasteiger partial charge in [0.1, 0.15) is 0 Å². The lowest BCUT2D eigenvalue weighted by Crippen LogP contribution is -2.43. The number of nitrogens with zero attached hydrogens (tertiary/aromatic N) is 12. The zero-order valence-electron chi connectivity index (χ0n) is 68.8. The molecule has 17 rings (SSSR count). The summed E-state index contributed by atoms with van der Waals surface area (Å²) in [5.74, 6) is -17.5. The van der Waals surface area contributed by atoms with Crippen molar-refractivity contribution in [1.29, 1.82) is 0 Å². The van der Waals surface area contributed by atoms with Crippen LogP contribution in [0.1, 0.15) is 240 Å². The van der Waals surface area contributed by atoms with Gasteiger partial charge in [-0.25, -0.2) is 35.1 Å². The number of piperidine rings is 4. The number of H-pyrrole nitrogens is 4. The Kier molecular flexibility index (Phi) is 26.9. The molecule has 0 spiro atoms. The van der Waals surface area contributed by atoms with Gasteiger partial charge in [0.2, 0.25) is 11.8 Å². The summed E-state index contributed by atoms with van der Waals surface area (Å²) in [4.78, 5) is 89.2. The molecule has 684 valence electrons. The third kappa shape index (κ3) is 19.4. The van der Waals surface area contributed by atoms with Crippen molar-refractivity contribution in [3.05, 3.63) is 207 Å². The van der Waals surface area contributed by atoms with E-state index in [0.29, 0.717) is 92.9 Å². The summed E-state index contributed by atoms with van der Waals surface area (Å²) in [6.07, 6.45) is -12.3. The fourth-order valence-corrected chi connectivity index (χ4v) is 18.7. The molecule has 5 fully saturated rings. The Hall–Kier alpha value is -10.9. The van der Waals surface area contributed by atoms with Crippen molar-refractivity contribution >= 4 is 35.4 Å². The van der Waals surface area contributed by atoms with Gasteiger partial charge in [0.25, 0.3) is 23.6 Å². The number of aromatic nitrogens is 8. The molecule has 8 aliphatic heterocycles. The van der Waals surface area contributed by atoms with E-state index in [1.54, 1.807) is 19.6 Å². The first-order valence-corrected chi connectivity index (χ1v) is 41.6. The van der Waals surface area contributed by atoms with Crippen LogP contribution < -0.4 is 0 Å². The van der Waals surface area contributed by atoms with Crippen molar-refractivity contribution < 1.29 is 117 Å². The van der Waals surface area contributed by atoms with Crippen LogP contribution in [0, 0.1) is 46.5 Å². The molecule has 127 heavy (non-hydrogen) atoms. The number of amides is 6. The van der Waals surface area contributed by atoms with E-state index in [0.717, 1.165) is 96.1 Å². The van der Waals surface area contributed by atoms with E-state index < -0.39 is 117 Å². The maximum Gasteiger partial charge on any atom is 0.419 e. The SMILES string of the molecule is CC(=O)N1CCc2c(C(=O)N3CCC(c4ccc(F)c(F)c4C(F)(F)F)CC3)n[nH]c2C1.CC(=O)N1CCc2c(C(=O)N3CCC(c4ccc(F)c(F)c4C(F)(F)F)CC3)n[nH]c2C1.CN1CCc2c(C(=O)N3CCC(c4ccc(F)c(F)c4C(F)(F)F)CC3)n[nH]c2C1.O=C(c1n[nH]c2c1CCN(C1CCC1)C2)N1CCC(c2ccc(F)c(F)c2C(F)(F)F)CC1. The van der Waals surface area contributed by atoms with Gasteiger partial charge in [0, 0.05) is 134 Å². The number of likely N-dealkylation sites (N-methyl/N-ethyl adjacent to an activating group) is 1. The van der Waals surface area contributed by atoms with Crippen LogP contribution in [-0.4, -0.2) is 207 Å². The molecule has 12 heterocycles. The van der Waals surface area contributed by atoms with Crippen molar-refractivity contribution in [2.75, 3.05) is 85.6 Å². The Balaban J connectivity index is 0.000000137. The van der Waals surface area contributed by atoms with E-state index in [1.165, 1.54) is 42.9 Å². The third-order valence-electron chi connectivity index (χ3n) is 25.8. The van der Waals surface area contributed by atoms with Gasteiger partial charge in [-0.05, 0) is 167 Å². The Labute approximate surface area is 713 Å². The van der Waals surface area contributed by atoms with Crippen LogP contribution in [0.4, 0.5) is 87.8 Å². The van der Waals surface area contributed by atoms with E-state index in [1.807, 2.05) is 7.05 Å². The summed E-state index contributed by atoms with van der Waals surface area (Å²) in [5, 5.41) is 28.2. The van der Waals surface area contributed by atoms with E-state index in [9.17, 15) is 117 Å². The second-order valence-corrected chi connectivity index (χ2v) is 33.4. The molecular formula is C85H88F20N16O6. The minimum absolute atomic E-state index is 0.0735. The number of carbonyl (C=O) groups excluding carboxylic acids is 6. The van der Waals surface area contributed by atoms with Gasteiger partial charge in [0.15, 0.2) is 69.3 Å². The van der Waals surface area contributed by atoms with Gasteiger partial charge in [-0.3, -0.25) is 54.1 Å². The average Bonchev–Trinajstić information content (AvgIpc) is 1.39. The topological polar surface area (TPSA) is 243 Å². The lowest BCUT2D eigenvalue weighted by atomic mass is 9.85. The van der Waals surface area contributed by atoms with Crippen LogP contribution in [0.15, 0.2) is 48.5 Å². The summed E-state index contributed by atoms with van der Waals surface area (Å²) >= 11 is 0. The van der Waals surface area contributed by atoms with Gasteiger partial charge in [-0.1, -0.05) is 30.7 Å². The van der Waals surface area contributed by atoms with Crippen molar-refractivity contribution in [2.24, 2.45) is 0 Å². The number of hydrogen-bond acceptors (Lipinski definition) is 12. The minimum atomic E-state index is -5.02. The van der Waals surface area contributed by atoms with Gasteiger partial charge >= 0.3 is 24.7 Å². The number of alkyl halides is 12. The first-order valence-electron chi connectivity index (χ1n) is 41.6. The zero-order valence-corrected chi connectivity index (χ0v) is 68.8. The fourth-order valence-electron chi connectivity index (χ4n) is 18.7. The Bertz CT molecular complexity index is 5280. The van der Waals surface area contributed by atoms with Crippen LogP contribution in [0.25, 0.3) is 0 Å². The van der Waals surface area contributed by atoms with Gasteiger partial charge in [0.05, 0.1) is 58.1 Å². The summed E-state index contributed by atoms with van der Waals surface area (Å²) in [7, 11) is 1.98. The highest BCUT2D eigenvalue weighted by Gasteiger charge is 2.47. The number of hydrogen-bond donors (Lipinski definition) is 4. The minimum Gasteiger partial charge on any atom is -0.337 e. The Morgan fingerprint density at radius 3 is 0.803 bits per heavy atom. The third-order valence-corrected chi connectivity index (χ3v) is 25.8. The molecular weight excluding hydrogens is 1720 g/mol. The average molecular weight is 1810 g/mol. The molecule has 4 saturated heterocycles. The van der Waals surface area contributed by atoms with E-state index in [2.05, 4.69) is 50.6 Å². The molecule has 1 aliphatic carbocycles. The molecule has 6 amide bonds. The standard InChI is InChI=1S/C23H25F5N4O.2C21H21F5N4O2.C20H21F5N4O/c24-17-5-4-15(19(20(17)25)23(26,27)28)13-6-9-31(10-7-13)22(33)21-16-8-11-32(14-2-1-3-14)12-18(16)29-30-21;2*1-11(31)30-9-6-14-16(10-30)27-28-19(14)20(32)29-7-4-12(5-8-29)13-2-3-15(22)18(23)17(13)21(24,25)26;1-28-7-6-13-15(10-28)26-27-18(13)19(30)29-8-4-11(5-9-29)12-2-3-14(21)17(22)16(12)20(23,24)25/h4-5,13-14H,1-3,6-12H2,(H,29,30);2*2-3,12H,4-10H2,1H3,(H,27,28);2-3,11H,4-10H2,1H3,(H,26,27). The van der Waals surface area contributed by atoms with E-state index in [-0.39, 0.29) is 173 Å². The van der Waals surface area contributed by atoms with Gasteiger partial charge in [-0.2, -0.15) is 73.1 Å². The molecule has 9 aliphatic rings. The molecule has 42 heteroatoms. The van der Waals surface area contributed by atoms with Crippen LogP contribution >= 0.6 is 0 Å². The molecule has 4 aromatic carbocycles. The van der Waals surface area contributed by atoms with Crippen molar-refractivity contribution in [2.45, 2.75) is 191 Å². The number of fused-ring (bicyclic) bond motifs is 4. The molecule has 0 bridgehead atoms. The summed E-state index contributed by atoms with van der Waals surface area (Å²) < 4.78 is 270. The summed E-state index contributed by atoms with van der Waals surface area (Å²) in [5.41, 5.74) is 0.521. The largest absolute Gasteiger partial charge is 0.419 e. The number of likely N-dealkylation sites (tertiary alicyclic amines) is 4. The van der Waals surface area contributed by atoms with Crippen molar-refractivity contribution in [3.8, 4) is 0 Å². The van der Waals surface area contributed by atoms with Crippen LogP contribution in [0.3, 0.4) is 0 Å². The first kappa shape index (κ1) is 92.2. The molecule has 4 N–H and O–H groups in total. The monoisotopic (exact) mass is 1810 g/mol. The van der Waals surface area contributed by atoms with Crippen molar-refractivity contribution in [3.63, 3.8) is 0 Å². The molecule has 1 saturated carbocycles. The highest BCUT2D eigenvalue weighted by molar-refractivity contribution is 5.96. The van der Waals surface area contributed by atoms with Crippen LogP contribution in [0.2, 0.25) is 0 Å². The number of rotatable bonds is 9. The van der Waals surface area contributed by atoms with Crippen LogP contribution in [-0.2, 0) is 86.2 Å². The van der Waals surface area contributed by atoms with Crippen LogP contribution in [0.5, 0.6) is 0 Å². The zero-order chi connectivity index (χ0) is 91.4. The summed E-state index contributed by atoms with van der Waals surface area (Å²) in [6, 6.07) is 7.46. The predicted molar refractivity (Wildman–Crippen MR) is 413 cm³/mol. The predicted octanol–water partition coefficient (Wildman–Crippen LogP) is 15.6. The highest BCUT2D eigenvalue weighted by Crippen LogP contribution is 2.47. The summed E-state index contributed by atoms with van der Waals surface area (Å²) in [6.45, 7) is 9.25. The molecule has 0 atom stereocenters. The maximum atomic E-state index is 14.0. The molecule has 8 aromatic rings. The lowest BCUT2D eigenvalue weighted by molar-refractivity contribution is -0.142. The second-order valence-electron chi connectivity index (χ2n) is 33.4. The molecule has 0 radical (unpaired) electrons. The Morgan fingerprint density at radius 2 is 0.559 bits per heavy atom. The number of carbonyl (C=O) groups is 6. The van der Waals surface area contributed by atoms with Gasteiger partial charge in [-0.15, -0.1) is 0 Å². The lowest BCUT2D eigenvalue weighted by Gasteiger charge is -2.39. The van der Waals surface area contributed by atoms with Crippen molar-refractivity contribution in [1.82, 2.24) is 80.0 Å². The smallest absolute Gasteiger partial charge is 0.337 e. The molecule has 0 unspecified atom stereocenters. The Morgan fingerprint density at radius 1 is 0.315 bits per heavy atom. The van der Waals surface area contributed by atoms with E-state index >= 15 is 0 Å². The van der Waals surface area contributed by atoms with E-state index in [4.69, 9.17) is 0 Å².